The van der Waals surface area contributed by atoms with E-state index >= 15 is 0 Å². The second-order valence-electron chi connectivity index (χ2n) is 4.74. The molecule has 0 unspecified atom stereocenters. The average Bonchev–Trinajstić information content (AvgIpc) is 2.60. The normalized spacial score (nSPS) is 58.8. The van der Waals surface area contributed by atoms with Crippen molar-refractivity contribution in [3.63, 3.8) is 0 Å². The summed E-state index contributed by atoms with van der Waals surface area (Å²) >= 11 is 0. The molecule has 60 valence electrons. The van der Waals surface area contributed by atoms with Gasteiger partial charge in [-0.3, -0.25) is 0 Å². The van der Waals surface area contributed by atoms with Gasteiger partial charge in [0.1, 0.15) is 0 Å². The van der Waals surface area contributed by atoms with Crippen molar-refractivity contribution in [3.05, 3.63) is 12.2 Å². The highest BCUT2D eigenvalue weighted by atomic mass is 14.5. The van der Waals surface area contributed by atoms with Gasteiger partial charge < -0.3 is 0 Å². The third kappa shape index (κ3) is 0.660. The Kier molecular flexibility index (Phi) is 1.09. The van der Waals surface area contributed by atoms with Crippen molar-refractivity contribution < 1.29 is 0 Å². The fourth-order valence-electron chi connectivity index (χ4n) is 3.86. The molecule has 0 aromatic heterocycles. The summed E-state index contributed by atoms with van der Waals surface area (Å²) < 4.78 is 0. The van der Waals surface area contributed by atoms with Crippen LogP contribution in [0.2, 0.25) is 0 Å². The summed E-state index contributed by atoms with van der Waals surface area (Å²) in [7, 11) is 0. The molecular weight excluding hydrogens is 132 g/mol. The molecule has 0 N–H and O–H groups in total. The molecule has 0 aromatic carbocycles. The predicted molar refractivity (Wildman–Crippen MR) is 46.1 cm³/mol. The molecule has 0 radical (unpaired) electrons. The molecule has 0 heteroatoms. The standard InChI is InChI=1S/C11H16/c1-7-2-5-10-8-3-4-9(6-8)11(7)10/h3-4,7-11H,2,5-6H2,1H3/t7-,8-,9+,10+,11-/m0/s1. The van der Waals surface area contributed by atoms with Crippen LogP contribution in [-0.2, 0) is 0 Å². The third-order valence-corrected chi connectivity index (χ3v) is 4.30. The van der Waals surface area contributed by atoms with Crippen molar-refractivity contribution in [2.75, 3.05) is 0 Å². The van der Waals surface area contributed by atoms with Gasteiger partial charge in [-0.15, -0.1) is 0 Å². The Hall–Kier alpha value is -0.260. The number of rotatable bonds is 0. The first kappa shape index (κ1) is 6.28. The minimum absolute atomic E-state index is 0.988. The summed E-state index contributed by atoms with van der Waals surface area (Å²) in [5.41, 5.74) is 0. The van der Waals surface area contributed by atoms with Gasteiger partial charge in [0, 0.05) is 0 Å². The topological polar surface area (TPSA) is 0 Å². The van der Waals surface area contributed by atoms with Crippen LogP contribution in [0.1, 0.15) is 26.2 Å². The molecular formula is C11H16. The number of allylic oxidation sites excluding steroid dienone is 2. The Morgan fingerprint density at radius 1 is 1.09 bits per heavy atom. The predicted octanol–water partition coefficient (Wildman–Crippen LogP) is 2.85. The maximum absolute atomic E-state index is 2.49. The van der Waals surface area contributed by atoms with Crippen molar-refractivity contribution >= 4 is 0 Å². The van der Waals surface area contributed by atoms with Gasteiger partial charge in [0.2, 0.25) is 0 Å². The van der Waals surface area contributed by atoms with E-state index in [1.165, 1.54) is 19.3 Å². The van der Waals surface area contributed by atoms with Crippen molar-refractivity contribution in [1.29, 1.82) is 0 Å². The number of fused-ring (bicyclic) bond motifs is 5. The molecule has 0 aromatic rings. The molecule has 5 atom stereocenters. The Bertz CT molecular complexity index is 204. The maximum atomic E-state index is 2.49. The SMILES string of the molecule is C[C@H]1CC[C@H]2[C@@H]1[C@@H]1C=C[C@H]2C1. The van der Waals surface area contributed by atoms with Gasteiger partial charge in [-0.25, -0.2) is 0 Å². The van der Waals surface area contributed by atoms with E-state index in [-0.39, 0.29) is 0 Å². The second-order valence-corrected chi connectivity index (χ2v) is 4.74. The highest BCUT2D eigenvalue weighted by molar-refractivity contribution is 5.15. The molecule has 0 aliphatic heterocycles. The first-order valence-corrected chi connectivity index (χ1v) is 5.04. The zero-order valence-corrected chi connectivity index (χ0v) is 7.16. The summed E-state index contributed by atoms with van der Waals surface area (Å²) in [4.78, 5) is 0. The Balaban J connectivity index is 1.97. The summed E-state index contributed by atoms with van der Waals surface area (Å²) in [6, 6.07) is 0. The molecule has 2 bridgehead atoms. The van der Waals surface area contributed by atoms with Gasteiger partial charge >= 0.3 is 0 Å². The van der Waals surface area contributed by atoms with Crippen molar-refractivity contribution in [2.24, 2.45) is 29.6 Å². The largest absolute Gasteiger partial charge is 0.0848 e. The third-order valence-electron chi connectivity index (χ3n) is 4.30. The molecule has 3 aliphatic carbocycles. The van der Waals surface area contributed by atoms with Crippen molar-refractivity contribution in [2.45, 2.75) is 26.2 Å². The second kappa shape index (κ2) is 1.91. The lowest BCUT2D eigenvalue weighted by molar-refractivity contribution is 0.304. The number of hydrogen-bond donors (Lipinski definition) is 0. The lowest BCUT2D eigenvalue weighted by atomic mass is 9.82. The summed E-state index contributed by atoms with van der Waals surface area (Å²) in [5.74, 6) is 5.20. The van der Waals surface area contributed by atoms with Crippen LogP contribution in [0, 0.1) is 29.6 Å². The van der Waals surface area contributed by atoms with Gasteiger partial charge in [-0.1, -0.05) is 25.5 Å². The molecule has 3 aliphatic rings. The summed E-state index contributed by atoms with van der Waals surface area (Å²) in [6.45, 7) is 2.46. The minimum atomic E-state index is 0.988. The van der Waals surface area contributed by atoms with E-state index in [2.05, 4.69) is 19.1 Å². The van der Waals surface area contributed by atoms with Gasteiger partial charge in [0.05, 0.1) is 0 Å². The highest BCUT2D eigenvalue weighted by Crippen LogP contribution is 2.57. The Labute approximate surface area is 68.7 Å². The quantitative estimate of drug-likeness (QED) is 0.463. The van der Waals surface area contributed by atoms with Crippen LogP contribution in [0.5, 0.6) is 0 Å². The molecule has 11 heavy (non-hydrogen) atoms. The Morgan fingerprint density at radius 2 is 1.91 bits per heavy atom. The van der Waals surface area contributed by atoms with Crippen LogP contribution in [0.15, 0.2) is 12.2 Å². The van der Waals surface area contributed by atoms with Gasteiger partial charge in [0.15, 0.2) is 0 Å². The number of hydrogen-bond acceptors (Lipinski definition) is 0. The van der Waals surface area contributed by atoms with Crippen LogP contribution in [0.3, 0.4) is 0 Å². The zero-order valence-electron chi connectivity index (χ0n) is 7.16. The molecule has 0 saturated heterocycles. The molecule has 0 amide bonds. The Morgan fingerprint density at radius 3 is 2.73 bits per heavy atom. The first-order valence-electron chi connectivity index (χ1n) is 5.04. The van der Waals surface area contributed by atoms with E-state index in [1.54, 1.807) is 0 Å². The smallest absolute Gasteiger partial charge is 0.0194 e. The molecule has 2 saturated carbocycles. The van der Waals surface area contributed by atoms with E-state index in [0.717, 1.165) is 29.6 Å². The molecule has 2 fully saturated rings. The van der Waals surface area contributed by atoms with Gasteiger partial charge in [-0.2, -0.15) is 0 Å². The van der Waals surface area contributed by atoms with Crippen molar-refractivity contribution in [1.82, 2.24) is 0 Å². The fraction of sp³-hybridized carbons (Fsp3) is 0.818. The molecule has 3 rings (SSSR count). The molecule has 0 nitrogen and oxygen atoms in total. The summed E-state index contributed by atoms with van der Waals surface area (Å²) in [5, 5.41) is 0. The average molecular weight is 148 g/mol. The van der Waals surface area contributed by atoms with Crippen LogP contribution in [0.4, 0.5) is 0 Å². The van der Waals surface area contributed by atoms with Crippen LogP contribution in [-0.4, -0.2) is 0 Å². The van der Waals surface area contributed by atoms with Crippen molar-refractivity contribution in [3.8, 4) is 0 Å². The minimum Gasteiger partial charge on any atom is -0.0848 e. The summed E-state index contributed by atoms with van der Waals surface area (Å²) in [6.07, 6.45) is 9.51. The molecule has 0 heterocycles. The van der Waals surface area contributed by atoms with E-state index in [1.807, 2.05) is 0 Å². The van der Waals surface area contributed by atoms with E-state index in [4.69, 9.17) is 0 Å². The lowest BCUT2D eigenvalue weighted by Crippen LogP contribution is -2.17. The first-order chi connectivity index (χ1) is 5.36. The monoisotopic (exact) mass is 148 g/mol. The van der Waals surface area contributed by atoms with Gasteiger partial charge in [-0.05, 0) is 42.4 Å². The van der Waals surface area contributed by atoms with E-state index in [9.17, 15) is 0 Å². The van der Waals surface area contributed by atoms with E-state index < -0.39 is 0 Å². The van der Waals surface area contributed by atoms with Crippen LogP contribution < -0.4 is 0 Å². The van der Waals surface area contributed by atoms with Crippen LogP contribution in [0.25, 0.3) is 0 Å². The molecule has 0 spiro atoms. The zero-order chi connectivity index (χ0) is 7.42. The van der Waals surface area contributed by atoms with Crippen LogP contribution >= 0.6 is 0 Å². The fourth-order valence-corrected chi connectivity index (χ4v) is 3.86. The lowest BCUT2D eigenvalue weighted by Gasteiger charge is -2.23. The maximum Gasteiger partial charge on any atom is -0.0194 e. The van der Waals surface area contributed by atoms with E-state index in [0.29, 0.717) is 0 Å². The highest BCUT2D eigenvalue weighted by Gasteiger charge is 2.49. The van der Waals surface area contributed by atoms with Gasteiger partial charge in [0.25, 0.3) is 0 Å².